The third kappa shape index (κ3) is 3.87. The van der Waals surface area contributed by atoms with Crippen LogP contribution in [0.5, 0.6) is 0 Å². The first kappa shape index (κ1) is 18.3. The van der Waals surface area contributed by atoms with Crippen LogP contribution in [-0.4, -0.2) is 58.2 Å². The number of aryl methyl sites for hydroxylation is 1. The average molecular weight is 354 g/mol. The van der Waals surface area contributed by atoms with E-state index >= 15 is 0 Å². The minimum atomic E-state index is -3.35. The Kier molecular flexibility index (Phi) is 5.17. The van der Waals surface area contributed by atoms with Gasteiger partial charge in [-0.1, -0.05) is 0 Å². The summed E-state index contributed by atoms with van der Waals surface area (Å²) in [5.41, 5.74) is 1.69. The maximum Gasteiger partial charge on any atom is 0.338 e. The molecule has 132 valence electrons. The highest BCUT2D eigenvalue weighted by atomic mass is 32.2. The van der Waals surface area contributed by atoms with E-state index in [1.54, 1.807) is 26.2 Å². The molecule has 0 radical (unpaired) electrons. The van der Waals surface area contributed by atoms with Gasteiger partial charge in [0, 0.05) is 20.6 Å². The zero-order chi connectivity index (χ0) is 18.1. The minimum Gasteiger partial charge on any atom is -0.449 e. The van der Waals surface area contributed by atoms with E-state index in [0.29, 0.717) is 30.6 Å². The second kappa shape index (κ2) is 6.80. The number of carbonyl (C=O) groups is 2. The predicted octanol–water partition coefficient (Wildman–Crippen LogP) is 1.03. The molecule has 1 atom stereocenters. The normalized spacial score (nSPS) is 15.4. The first-order valence-electron chi connectivity index (χ1n) is 7.64. The average Bonchev–Trinajstić information content (AvgIpc) is 2.51. The molecule has 1 heterocycles. The maximum atomic E-state index is 12.2. The van der Waals surface area contributed by atoms with Crippen LogP contribution in [0.2, 0.25) is 0 Å². The number of benzene rings is 1. The second-order valence-electron chi connectivity index (χ2n) is 6.06. The van der Waals surface area contributed by atoms with Crippen LogP contribution >= 0.6 is 0 Å². The molecule has 8 heteroatoms. The summed E-state index contributed by atoms with van der Waals surface area (Å²) >= 11 is 0. The molecule has 0 fully saturated rings. The summed E-state index contributed by atoms with van der Waals surface area (Å²) in [6.45, 7) is 1.95. The van der Waals surface area contributed by atoms with Crippen molar-refractivity contribution in [2.75, 3.05) is 31.2 Å². The lowest BCUT2D eigenvalue weighted by atomic mass is 10.0. The Bertz CT molecular complexity index is 758. The first-order chi connectivity index (χ1) is 11.1. The Hall–Kier alpha value is -2.09. The van der Waals surface area contributed by atoms with Crippen LogP contribution in [0.15, 0.2) is 18.2 Å². The lowest BCUT2D eigenvalue weighted by Crippen LogP contribution is -2.35. The van der Waals surface area contributed by atoms with Gasteiger partial charge >= 0.3 is 5.97 Å². The smallest absolute Gasteiger partial charge is 0.338 e. The van der Waals surface area contributed by atoms with Gasteiger partial charge in [0.1, 0.15) is 0 Å². The Labute approximate surface area is 142 Å². The summed E-state index contributed by atoms with van der Waals surface area (Å²) in [4.78, 5) is 25.3. The summed E-state index contributed by atoms with van der Waals surface area (Å²) in [5.74, 6) is -0.901. The lowest BCUT2D eigenvalue weighted by molar-refractivity contribution is -0.137. The zero-order valence-electron chi connectivity index (χ0n) is 14.3. The molecule has 0 bridgehead atoms. The van der Waals surface area contributed by atoms with E-state index in [-0.39, 0.29) is 5.91 Å². The number of esters is 1. The molecule has 0 saturated heterocycles. The van der Waals surface area contributed by atoms with Crippen molar-refractivity contribution in [3.63, 3.8) is 0 Å². The molecule has 0 aliphatic carbocycles. The first-order valence-corrected chi connectivity index (χ1v) is 9.49. The van der Waals surface area contributed by atoms with E-state index in [4.69, 9.17) is 4.74 Å². The van der Waals surface area contributed by atoms with Gasteiger partial charge in [-0.2, -0.15) is 0 Å². The van der Waals surface area contributed by atoms with Crippen LogP contribution in [-0.2, 0) is 26.0 Å². The fourth-order valence-electron chi connectivity index (χ4n) is 2.68. The summed E-state index contributed by atoms with van der Waals surface area (Å²) in [6.07, 6.45) is 1.66. The number of nitrogens with zero attached hydrogens (tertiary/aromatic N) is 2. The van der Waals surface area contributed by atoms with Gasteiger partial charge in [0.2, 0.25) is 10.0 Å². The van der Waals surface area contributed by atoms with Crippen molar-refractivity contribution in [3.8, 4) is 0 Å². The van der Waals surface area contributed by atoms with Crippen molar-refractivity contribution in [2.24, 2.45) is 0 Å². The van der Waals surface area contributed by atoms with Gasteiger partial charge in [-0.15, -0.1) is 0 Å². The van der Waals surface area contributed by atoms with Crippen molar-refractivity contribution in [2.45, 2.75) is 25.9 Å². The third-order valence-electron chi connectivity index (χ3n) is 3.86. The number of anilines is 1. The predicted molar refractivity (Wildman–Crippen MR) is 90.5 cm³/mol. The number of sulfonamides is 1. The van der Waals surface area contributed by atoms with Gasteiger partial charge < -0.3 is 9.64 Å². The van der Waals surface area contributed by atoms with Crippen molar-refractivity contribution in [1.29, 1.82) is 0 Å². The Morgan fingerprint density at radius 1 is 1.29 bits per heavy atom. The third-order valence-corrected chi connectivity index (χ3v) is 5.04. The van der Waals surface area contributed by atoms with Gasteiger partial charge in [0.15, 0.2) is 6.10 Å². The SMILES string of the molecule is C[C@H](OC(=O)c1ccc2c(c1)CCCN2S(C)(=O)=O)C(=O)N(C)C. The van der Waals surface area contributed by atoms with Crippen LogP contribution in [0.3, 0.4) is 0 Å². The Morgan fingerprint density at radius 2 is 1.96 bits per heavy atom. The topological polar surface area (TPSA) is 84.0 Å². The molecule has 0 N–H and O–H groups in total. The van der Waals surface area contributed by atoms with Crippen molar-refractivity contribution in [3.05, 3.63) is 29.3 Å². The molecule has 2 rings (SSSR count). The highest BCUT2D eigenvalue weighted by Gasteiger charge is 2.26. The molecule has 0 unspecified atom stereocenters. The van der Waals surface area contributed by atoms with E-state index in [2.05, 4.69) is 0 Å². The molecular formula is C16H22N2O5S. The number of ether oxygens (including phenoxy) is 1. The molecule has 7 nitrogen and oxygen atoms in total. The summed E-state index contributed by atoms with van der Waals surface area (Å²) < 4.78 is 30.2. The van der Waals surface area contributed by atoms with E-state index in [1.165, 1.54) is 28.5 Å². The van der Waals surface area contributed by atoms with Gasteiger partial charge in [-0.3, -0.25) is 9.10 Å². The number of hydrogen-bond acceptors (Lipinski definition) is 5. The summed E-state index contributed by atoms with van der Waals surface area (Å²) in [6, 6.07) is 4.78. The minimum absolute atomic E-state index is 0.301. The highest BCUT2D eigenvalue weighted by Crippen LogP contribution is 2.30. The van der Waals surface area contributed by atoms with Crippen molar-refractivity contribution < 1.29 is 22.7 Å². The molecular weight excluding hydrogens is 332 g/mol. The molecule has 1 aliphatic heterocycles. The van der Waals surface area contributed by atoms with E-state index < -0.39 is 22.1 Å². The molecule has 0 saturated carbocycles. The quantitative estimate of drug-likeness (QED) is 0.754. The van der Waals surface area contributed by atoms with Crippen molar-refractivity contribution in [1.82, 2.24) is 4.90 Å². The molecule has 1 amide bonds. The molecule has 1 aliphatic rings. The van der Waals surface area contributed by atoms with E-state index in [1.807, 2.05) is 0 Å². The summed E-state index contributed by atoms with van der Waals surface area (Å²) in [7, 11) is -0.168. The van der Waals surface area contributed by atoms with Gasteiger partial charge in [-0.25, -0.2) is 13.2 Å². The fourth-order valence-corrected chi connectivity index (χ4v) is 3.67. The summed E-state index contributed by atoms with van der Waals surface area (Å²) in [5, 5.41) is 0. The van der Waals surface area contributed by atoms with Crippen LogP contribution in [0.1, 0.15) is 29.3 Å². The van der Waals surface area contributed by atoms with E-state index in [0.717, 1.165) is 5.56 Å². The number of likely N-dealkylation sites (N-methyl/N-ethyl adjacent to an activating group) is 1. The number of fused-ring (bicyclic) bond motifs is 1. The standard InChI is InChI=1S/C16H22N2O5S/c1-11(15(19)17(2)3)23-16(20)13-7-8-14-12(10-13)6-5-9-18(14)24(4,21)22/h7-8,10-11H,5-6,9H2,1-4H3/t11-/m0/s1. The molecule has 24 heavy (non-hydrogen) atoms. The van der Waals surface area contributed by atoms with Crippen LogP contribution in [0, 0.1) is 0 Å². The maximum absolute atomic E-state index is 12.2. The van der Waals surface area contributed by atoms with Crippen LogP contribution in [0.4, 0.5) is 5.69 Å². The highest BCUT2D eigenvalue weighted by molar-refractivity contribution is 7.92. The molecule has 1 aromatic rings. The lowest BCUT2D eigenvalue weighted by Gasteiger charge is -2.29. The zero-order valence-corrected chi connectivity index (χ0v) is 15.1. The van der Waals surface area contributed by atoms with Crippen LogP contribution < -0.4 is 4.31 Å². The van der Waals surface area contributed by atoms with Crippen molar-refractivity contribution >= 4 is 27.6 Å². The van der Waals surface area contributed by atoms with Gasteiger partial charge in [0.05, 0.1) is 17.5 Å². The number of hydrogen-bond donors (Lipinski definition) is 0. The fraction of sp³-hybridized carbons (Fsp3) is 0.500. The van der Waals surface area contributed by atoms with Gasteiger partial charge in [-0.05, 0) is 43.5 Å². The van der Waals surface area contributed by atoms with Crippen LogP contribution in [0.25, 0.3) is 0 Å². The van der Waals surface area contributed by atoms with Gasteiger partial charge in [0.25, 0.3) is 5.91 Å². The molecule has 1 aromatic carbocycles. The Morgan fingerprint density at radius 3 is 2.54 bits per heavy atom. The number of carbonyl (C=O) groups excluding carboxylic acids is 2. The number of amides is 1. The second-order valence-corrected chi connectivity index (χ2v) is 7.97. The Balaban J connectivity index is 2.22. The molecule has 0 spiro atoms. The number of rotatable bonds is 4. The molecule has 0 aromatic heterocycles. The van der Waals surface area contributed by atoms with E-state index in [9.17, 15) is 18.0 Å². The largest absolute Gasteiger partial charge is 0.449 e. The monoisotopic (exact) mass is 354 g/mol.